The molecule has 2 aromatic rings. The Morgan fingerprint density at radius 3 is 2.52 bits per heavy atom. The van der Waals surface area contributed by atoms with Crippen LogP contribution >= 0.6 is 0 Å². The summed E-state index contributed by atoms with van der Waals surface area (Å²) in [7, 11) is 0. The molecule has 132 valence electrons. The number of pyridine rings is 1. The lowest BCUT2D eigenvalue weighted by Gasteiger charge is -2.23. The molecule has 5 nitrogen and oxygen atoms in total. The fourth-order valence-corrected chi connectivity index (χ4v) is 3.21. The minimum atomic E-state index is -1.21. The Hall–Kier alpha value is -2.40. The van der Waals surface area contributed by atoms with E-state index in [2.05, 4.69) is 15.2 Å². The zero-order valence-corrected chi connectivity index (χ0v) is 14.8. The molecule has 1 aliphatic rings. The SMILES string of the molecule is Cc1nc(N2CCCC2)ccc1NC(=O)CC(C)(O)c1ccccc1. The second kappa shape index (κ2) is 7.23. The molecule has 0 spiro atoms. The number of amides is 1. The number of aromatic nitrogens is 1. The van der Waals surface area contributed by atoms with Gasteiger partial charge in [0.1, 0.15) is 5.82 Å². The van der Waals surface area contributed by atoms with Gasteiger partial charge in [0.05, 0.1) is 23.4 Å². The summed E-state index contributed by atoms with van der Waals surface area (Å²) in [6.45, 7) is 5.63. The summed E-state index contributed by atoms with van der Waals surface area (Å²) in [6, 6.07) is 13.1. The minimum Gasteiger partial charge on any atom is -0.385 e. The average Bonchev–Trinajstić information content (AvgIpc) is 3.11. The number of rotatable bonds is 5. The van der Waals surface area contributed by atoms with Crippen LogP contribution in [0.4, 0.5) is 11.5 Å². The molecule has 3 rings (SSSR count). The van der Waals surface area contributed by atoms with Gasteiger partial charge >= 0.3 is 0 Å². The number of carbonyl (C=O) groups excluding carboxylic acids is 1. The molecule has 1 saturated heterocycles. The molecule has 1 unspecified atom stereocenters. The van der Waals surface area contributed by atoms with Gasteiger partial charge in [0.25, 0.3) is 0 Å². The number of anilines is 2. The third kappa shape index (κ3) is 4.17. The van der Waals surface area contributed by atoms with E-state index in [-0.39, 0.29) is 12.3 Å². The van der Waals surface area contributed by atoms with Crippen LogP contribution < -0.4 is 10.2 Å². The van der Waals surface area contributed by atoms with Crippen molar-refractivity contribution in [3.63, 3.8) is 0 Å². The highest BCUT2D eigenvalue weighted by Gasteiger charge is 2.26. The molecule has 1 amide bonds. The van der Waals surface area contributed by atoms with Crippen LogP contribution in [0.2, 0.25) is 0 Å². The van der Waals surface area contributed by atoms with E-state index in [1.54, 1.807) is 6.92 Å². The third-order valence-corrected chi connectivity index (χ3v) is 4.68. The standard InChI is InChI=1S/C20H25N3O2/c1-15-17(10-11-18(21-15)23-12-6-7-13-23)22-19(24)14-20(2,25)16-8-4-3-5-9-16/h3-5,8-11,25H,6-7,12-14H2,1-2H3,(H,22,24). The maximum atomic E-state index is 12.4. The van der Waals surface area contributed by atoms with Gasteiger partial charge in [0, 0.05) is 13.1 Å². The van der Waals surface area contributed by atoms with Crippen molar-refractivity contribution in [1.82, 2.24) is 4.98 Å². The Morgan fingerprint density at radius 1 is 1.20 bits per heavy atom. The van der Waals surface area contributed by atoms with Crippen molar-refractivity contribution in [2.75, 3.05) is 23.3 Å². The quantitative estimate of drug-likeness (QED) is 0.878. The highest BCUT2D eigenvalue weighted by Crippen LogP contribution is 2.26. The molecule has 0 saturated carbocycles. The van der Waals surface area contributed by atoms with Crippen LogP contribution in [0.1, 0.15) is 37.4 Å². The van der Waals surface area contributed by atoms with E-state index >= 15 is 0 Å². The smallest absolute Gasteiger partial charge is 0.227 e. The molecule has 1 aliphatic heterocycles. The molecule has 2 heterocycles. The van der Waals surface area contributed by atoms with Crippen molar-refractivity contribution in [2.45, 2.75) is 38.7 Å². The average molecular weight is 339 g/mol. The minimum absolute atomic E-state index is 0.00959. The highest BCUT2D eigenvalue weighted by molar-refractivity contribution is 5.92. The van der Waals surface area contributed by atoms with E-state index in [0.717, 1.165) is 30.2 Å². The van der Waals surface area contributed by atoms with Crippen molar-refractivity contribution < 1.29 is 9.90 Å². The summed E-state index contributed by atoms with van der Waals surface area (Å²) in [5.74, 6) is 0.733. The van der Waals surface area contributed by atoms with Gasteiger partial charge in [-0.3, -0.25) is 4.79 Å². The van der Waals surface area contributed by atoms with Crippen LogP contribution in [-0.4, -0.2) is 29.1 Å². The van der Waals surface area contributed by atoms with Gasteiger partial charge in [-0.05, 0) is 44.4 Å². The second-order valence-corrected chi connectivity index (χ2v) is 6.86. The molecule has 0 aliphatic carbocycles. The summed E-state index contributed by atoms with van der Waals surface area (Å²) in [5, 5.41) is 13.5. The van der Waals surface area contributed by atoms with E-state index < -0.39 is 5.60 Å². The first kappa shape index (κ1) is 17.4. The van der Waals surface area contributed by atoms with Crippen LogP contribution in [0.3, 0.4) is 0 Å². The van der Waals surface area contributed by atoms with E-state index in [9.17, 15) is 9.90 Å². The first-order chi connectivity index (χ1) is 12.0. The highest BCUT2D eigenvalue weighted by atomic mass is 16.3. The molecule has 1 aromatic heterocycles. The monoisotopic (exact) mass is 339 g/mol. The van der Waals surface area contributed by atoms with Crippen LogP contribution in [0.15, 0.2) is 42.5 Å². The van der Waals surface area contributed by atoms with E-state index in [1.165, 1.54) is 12.8 Å². The fourth-order valence-electron chi connectivity index (χ4n) is 3.21. The first-order valence-electron chi connectivity index (χ1n) is 8.76. The third-order valence-electron chi connectivity index (χ3n) is 4.68. The molecule has 2 N–H and O–H groups in total. The van der Waals surface area contributed by atoms with Gasteiger partial charge in [0.15, 0.2) is 0 Å². The lowest BCUT2D eigenvalue weighted by molar-refractivity contribution is -0.120. The summed E-state index contributed by atoms with van der Waals surface area (Å²) < 4.78 is 0. The van der Waals surface area contributed by atoms with Gasteiger partial charge in [0.2, 0.25) is 5.91 Å². The predicted octanol–water partition coefficient (Wildman–Crippen LogP) is 3.23. The normalized spacial score (nSPS) is 16.5. The maximum Gasteiger partial charge on any atom is 0.227 e. The molecule has 0 bridgehead atoms. The summed E-state index contributed by atoms with van der Waals surface area (Å²) >= 11 is 0. The molecule has 1 fully saturated rings. The summed E-state index contributed by atoms with van der Waals surface area (Å²) in [4.78, 5) is 19.3. The second-order valence-electron chi connectivity index (χ2n) is 6.86. The van der Waals surface area contributed by atoms with Gasteiger partial charge in [-0.1, -0.05) is 30.3 Å². The van der Waals surface area contributed by atoms with Crippen LogP contribution in [0.5, 0.6) is 0 Å². The van der Waals surface area contributed by atoms with Crippen molar-refractivity contribution in [2.24, 2.45) is 0 Å². The topological polar surface area (TPSA) is 65.5 Å². The largest absolute Gasteiger partial charge is 0.385 e. The number of nitrogens with one attached hydrogen (secondary N) is 1. The number of hydrogen-bond donors (Lipinski definition) is 2. The first-order valence-corrected chi connectivity index (χ1v) is 8.76. The van der Waals surface area contributed by atoms with E-state index in [4.69, 9.17) is 0 Å². The van der Waals surface area contributed by atoms with Crippen molar-refractivity contribution in [1.29, 1.82) is 0 Å². The molecule has 0 radical (unpaired) electrons. The van der Waals surface area contributed by atoms with Gasteiger partial charge in [-0.25, -0.2) is 4.98 Å². The Kier molecular flexibility index (Phi) is 5.04. The van der Waals surface area contributed by atoms with Crippen molar-refractivity contribution in [3.8, 4) is 0 Å². The number of nitrogens with zero attached hydrogens (tertiary/aromatic N) is 2. The van der Waals surface area contributed by atoms with Gasteiger partial charge in [-0.15, -0.1) is 0 Å². The van der Waals surface area contributed by atoms with Gasteiger partial charge in [-0.2, -0.15) is 0 Å². The fraction of sp³-hybridized carbons (Fsp3) is 0.400. The maximum absolute atomic E-state index is 12.4. The summed E-state index contributed by atoms with van der Waals surface area (Å²) in [5.41, 5.74) is 1.00. The zero-order valence-electron chi connectivity index (χ0n) is 14.8. The molecule has 1 atom stereocenters. The number of hydrogen-bond acceptors (Lipinski definition) is 4. The predicted molar refractivity (Wildman–Crippen MR) is 99.7 cm³/mol. The molecule has 1 aromatic carbocycles. The zero-order chi connectivity index (χ0) is 17.9. The lowest BCUT2D eigenvalue weighted by atomic mass is 9.92. The van der Waals surface area contributed by atoms with Gasteiger partial charge < -0.3 is 15.3 Å². The van der Waals surface area contributed by atoms with Crippen LogP contribution in [0, 0.1) is 6.92 Å². The Balaban J connectivity index is 1.66. The molecular weight excluding hydrogens is 314 g/mol. The molecule has 5 heteroatoms. The lowest BCUT2D eigenvalue weighted by Crippen LogP contribution is -2.28. The Bertz CT molecular complexity index is 738. The number of aliphatic hydroxyl groups is 1. The van der Waals surface area contributed by atoms with Crippen LogP contribution in [0.25, 0.3) is 0 Å². The molecule has 25 heavy (non-hydrogen) atoms. The Labute approximate surface area is 148 Å². The number of aryl methyl sites for hydroxylation is 1. The van der Waals surface area contributed by atoms with E-state index in [1.807, 2.05) is 49.4 Å². The van der Waals surface area contributed by atoms with Crippen LogP contribution in [-0.2, 0) is 10.4 Å². The van der Waals surface area contributed by atoms with Crippen molar-refractivity contribution >= 4 is 17.4 Å². The Morgan fingerprint density at radius 2 is 1.88 bits per heavy atom. The molecular formula is C20H25N3O2. The number of benzene rings is 1. The number of carbonyl (C=O) groups is 1. The van der Waals surface area contributed by atoms with Crippen molar-refractivity contribution in [3.05, 3.63) is 53.7 Å². The van der Waals surface area contributed by atoms with E-state index in [0.29, 0.717) is 5.69 Å². The summed E-state index contributed by atoms with van der Waals surface area (Å²) in [6.07, 6.45) is 2.39.